The van der Waals surface area contributed by atoms with Gasteiger partial charge in [-0.1, -0.05) is 18.0 Å². The van der Waals surface area contributed by atoms with Gasteiger partial charge in [0.25, 0.3) is 0 Å². The lowest BCUT2D eigenvalue weighted by atomic mass is 9.93. The Hall–Kier alpha value is -0.380. The highest BCUT2D eigenvalue weighted by Gasteiger charge is 2.25. The van der Waals surface area contributed by atoms with E-state index in [-0.39, 0.29) is 6.04 Å². The maximum atomic E-state index is 11.8. The molecule has 2 nitrogen and oxygen atoms in total. The van der Waals surface area contributed by atoms with Gasteiger partial charge in [-0.25, -0.2) is 0 Å². The van der Waals surface area contributed by atoms with Crippen molar-refractivity contribution in [3.8, 4) is 0 Å². The van der Waals surface area contributed by atoms with Crippen LogP contribution in [0.1, 0.15) is 30.6 Å². The van der Waals surface area contributed by atoms with Crippen LogP contribution in [0.15, 0.2) is 12.1 Å². The third kappa shape index (κ3) is 2.84. The van der Waals surface area contributed by atoms with Gasteiger partial charge in [0.15, 0.2) is 0 Å². The number of carbonyl (C=O) groups is 1. The number of likely N-dealkylation sites (N-methyl/N-ethyl adjacent to an activating group) is 1. The van der Waals surface area contributed by atoms with Crippen molar-refractivity contribution in [2.45, 2.75) is 38.3 Å². The molecule has 1 aromatic rings. The van der Waals surface area contributed by atoms with Crippen molar-refractivity contribution >= 4 is 28.7 Å². The molecule has 16 heavy (non-hydrogen) atoms. The number of hydrogen-bond donors (Lipinski definition) is 0. The number of hydrogen-bond acceptors (Lipinski definition) is 3. The molecule has 1 aliphatic carbocycles. The number of thiophene rings is 1. The van der Waals surface area contributed by atoms with E-state index in [9.17, 15) is 4.79 Å². The highest BCUT2D eigenvalue weighted by Crippen LogP contribution is 2.25. The molecule has 1 fully saturated rings. The van der Waals surface area contributed by atoms with Gasteiger partial charge in [-0.15, -0.1) is 11.3 Å². The zero-order valence-electron chi connectivity index (χ0n) is 9.41. The predicted molar refractivity (Wildman–Crippen MR) is 68.1 cm³/mol. The molecule has 1 saturated carbocycles. The Morgan fingerprint density at radius 2 is 2.31 bits per heavy atom. The van der Waals surface area contributed by atoms with Crippen LogP contribution in [-0.2, 0) is 11.3 Å². The summed E-state index contributed by atoms with van der Waals surface area (Å²) in [5.41, 5.74) is 0. The smallest absolute Gasteiger partial charge is 0.149 e. The molecule has 0 radical (unpaired) electrons. The number of Topliss-reactive ketones (excluding diaryl/α,β-unsaturated/α-hetero) is 1. The summed E-state index contributed by atoms with van der Waals surface area (Å²) in [6, 6.07) is 4.07. The van der Waals surface area contributed by atoms with E-state index in [0.717, 1.165) is 30.1 Å². The maximum Gasteiger partial charge on any atom is 0.149 e. The number of rotatable bonds is 3. The van der Waals surface area contributed by atoms with Crippen molar-refractivity contribution in [2.75, 3.05) is 7.05 Å². The van der Waals surface area contributed by atoms with E-state index < -0.39 is 0 Å². The molecule has 0 amide bonds. The lowest BCUT2D eigenvalue weighted by Gasteiger charge is -2.29. The first-order valence-electron chi connectivity index (χ1n) is 5.64. The van der Waals surface area contributed by atoms with E-state index in [4.69, 9.17) is 11.6 Å². The highest BCUT2D eigenvalue weighted by atomic mass is 35.5. The fourth-order valence-corrected chi connectivity index (χ4v) is 3.37. The van der Waals surface area contributed by atoms with Crippen molar-refractivity contribution in [1.29, 1.82) is 0 Å². The van der Waals surface area contributed by atoms with Crippen molar-refractivity contribution in [2.24, 2.45) is 0 Å². The lowest BCUT2D eigenvalue weighted by molar-refractivity contribution is -0.125. The zero-order valence-corrected chi connectivity index (χ0v) is 11.0. The zero-order chi connectivity index (χ0) is 11.5. The Morgan fingerprint density at radius 3 is 2.94 bits per heavy atom. The number of halogens is 1. The summed E-state index contributed by atoms with van der Waals surface area (Å²) in [6.45, 7) is 0.827. The largest absolute Gasteiger partial charge is 0.298 e. The van der Waals surface area contributed by atoms with E-state index in [1.54, 1.807) is 11.3 Å². The van der Waals surface area contributed by atoms with Crippen molar-refractivity contribution in [1.82, 2.24) is 4.90 Å². The maximum absolute atomic E-state index is 11.8. The van der Waals surface area contributed by atoms with Crippen LogP contribution in [-0.4, -0.2) is 23.8 Å². The van der Waals surface area contributed by atoms with E-state index in [0.29, 0.717) is 5.78 Å². The standard InChI is InChI=1S/C12H16ClNOS/c1-14(8-9-6-7-12(13)16-9)10-4-2-3-5-11(10)15/h6-7,10H,2-5,8H2,1H3. The Morgan fingerprint density at radius 1 is 1.50 bits per heavy atom. The highest BCUT2D eigenvalue weighted by molar-refractivity contribution is 7.16. The van der Waals surface area contributed by atoms with Crippen LogP contribution in [0, 0.1) is 0 Å². The number of nitrogens with zero attached hydrogens (tertiary/aromatic N) is 1. The van der Waals surface area contributed by atoms with Crippen LogP contribution in [0.25, 0.3) is 0 Å². The van der Waals surface area contributed by atoms with Crippen LogP contribution in [0.3, 0.4) is 0 Å². The van der Waals surface area contributed by atoms with Gasteiger partial charge in [0.2, 0.25) is 0 Å². The fraction of sp³-hybridized carbons (Fsp3) is 0.583. The molecular weight excluding hydrogens is 242 g/mol. The van der Waals surface area contributed by atoms with E-state index in [2.05, 4.69) is 4.90 Å². The van der Waals surface area contributed by atoms with E-state index in [1.165, 1.54) is 11.3 Å². The Balaban J connectivity index is 1.96. The minimum Gasteiger partial charge on any atom is -0.298 e. The monoisotopic (exact) mass is 257 g/mol. The first-order valence-corrected chi connectivity index (χ1v) is 6.83. The fourth-order valence-electron chi connectivity index (χ4n) is 2.22. The summed E-state index contributed by atoms with van der Waals surface area (Å²) >= 11 is 7.49. The molecule has 88 valence electrons. The summed E-state index contributed by atoms with van der Waals surface area (Å²) in [5, 5.41) is 0. The molecule has 0 saturated heterocycles. The van der Waals surface area contributed by atoms with Gasteiger partial charge in [0.1, 0.15) is 5.78 Å². The van der Waals surface area contributed by atoms with Gasteiger partial charge in [-0.05, 0) is 32.0 Å². The SMILES string of the molecule is CN(Cc1ccc(Cl)s1)C1CCCCC1=O. The average Bonchev–Trinajstić information content (AvgIpc) is 2.64. The van der Waals surface area contributed by atoms with Crippen LogP contribution < -0.4 is 0 Å². The summed E-state index contributed by atoms with van der Waals surface area (Å²) in [5.74, 6) is 0.399. The van der Waals surface area contributed by atoms with Crippen molar-refractivity contribution in [3.05, 3.63) is 21.3 Å². The molecule has 0 bridgehead atoms. The first-order chi connectivity index (χ1) is 7.66. The normalized spacial score (nSPS) is 21.7. The van der Waals surface area contributed by atoms with Crippen molar-refractivity contribution < 1.29 is 4.79 Å². The van der Waals surface area contributed by atoms with E-state index in [1.807, 2.05) is 19.2 Å². The first kappa shape index (κ1) is 12.1. The van der Waals surface area contributed by atoms with E-state index >= 15 is 0 Å². The molecule has 1 atom stereocenters. The molecule has 2 rings (SSSR count). The molecule has 1 aromatic heterocycles. The molecular formula is C12H16ClNOS. The van der Waals surface area contributed by atoms with Crippen LogP contribution in [0.4, 0.5) is 0 Å². The summed E-state index contributed by atoms with van der Waals surface area (Å²) < 4.78 is 0.818. The van der Waals surface area contributed by atoms with Gasteiger partial charge >= 0.3 is 0 Å². The number of ketones is 1. The lowest BCUT2D eigenvalue weighted by Crippen LogP contribution is -2.39. The predicted octanol–water partition coefficient (Wildman–Crippen LogP) is 3.35. The quantitative estimate of drug-likeness (QED) is 0.828. The molecule has 0 aromatic carbocycles. The second-order valence-corrected chi connectivity index (χ2v) is 6.15. The van der Waals surface area contributed by atoms with Crippen LogP contribution in [0.5, 0.6) is 0 Å². The molecule has 0 aliphatic heterocycles. The third-order valence-corrected chi connectivity index (χ3v) is 4.30. The summed E-state index contributed by atoms with van der Waals surface area (Å²) in [6.07, 6.45) is 3.99. The topological polar surface area (TPSA) is 20.3 Å². The summed E-state index contributed by atoms with van der Waals surface area (Å²) in [4.78, 5) is 15.2. The molecule has 1 unspecified atom stereocenters. The summed E-state index contributed by atoms with van der Waals surface area (Å²) in [7, 11) is 2.03. The number of carbonyl (C=O) groups excluding carboxylic acids is 1. The van der Waals surface area contributed by atoms with Crippen molar-refractivity contribution in [3.63, 3.8) is 0 Å². The van der Waals surface area contributed by atoms with Gasteiger partial charge in [-0.3, -0.25) is 9.69 Å². The average molecular weight is 258 g/mol. The molecule has 0 N–H and O–H groups in total. The van der Waals surface area contributed by atoms with Gasteiger partial charge in [0, 0.05) is 17.8 Å². The van der Waals surface area contributed by atoms with Gasteiger partial charge in [-0.2, -0.15) is 0 Å². The Labute approximate surface area is 105 Å². The van der Waals surface area contributed by atoms with Crippen LogP contribution in [0.2, 0.25) is 4.34 Å². The second-order valence-electron chi connectivity index (χ2n) is 4.35. The second kappa shape index (κ2) is 5.30. The minimum absolute atomic E-state index is 0.120. The van der Waals surface area contributed by atoms with Gasteiger partial charge in [0.05, 0.1) is 10.4 Å². The minimum atomic E-state index is 0.120. The molecule has 1 heterocycles. The third-order valence-electron chi connectivity index (χ3n) is 3.09. The molecule has 4 heteroatoms. The molecule has 1 aliphatic rings. The van der Waals surface area contributed by atoms with Gasteiger partial charge < -0.3 is 0 Å². The van der Waals surface area contributed by atoms with Crippen LogP contribution >= 0.6 is 22.9 Å². The molecule has 0 spiro atoms. The Kier molecular flexibility index (Phi) is 4.00. The Bertz CT molecular complexity index is 377.